The first kappa shape index (κ1) is 24.0. The standard InChI is InChI=1S/C26H28N4O5/c1-4-30(5-2)11-12-34-18-8-9-20(16(3)13-18)29-25-22(26(32)33)23(31)21(35-25)14-17-15-28-24-19(17)7-6-10-27-24/h6-10,13-15,29H,4-5,11-12H2,1-3H3,(H,27,28)(H,32,33). The molecule has 4 rings (SSSR count). The number of ketones is 1. The van der Waals surface area contributed by atoms with Gasteiger partial charge in [-0.15, -0.1) is 0 Å². The van der Waals surface area contributed by atoms with Crippen molar-refractivity contribution < 1.29 is 24.2 Å². The number of H-pyrrole nitrogens is 1. The SMILES string of the molecule is CCN(CC)CCOc1ccc(NC2=C(C(=O)O)C(=O)C(=Cc3c[nH]c4ncccc34)O2)c(C)c1. The second-order valence-electron chi connectivity index (χ2n) is 8.07. The summed E-state index contributed by atoms with van der Waals surface area (Å²) >= 11 is 0. The molecule has 0 amide bonds. The van der Waals surface area contributed by atoms with Gasteiger partial charge in [0.25, 0.3) is 0 Å². The van der Waals surface area contributed by atoms with E-state index >= 15 is 0 Å². The van der Waals surface area contributed by atoms with Gasteiger partial charge in [-0.05, 0) is 62.0 Å². The second kappa shape index (κ2) is 10.4. The normalized spacial score (nSPS) is 14.7. The number of fused-ring (bicyclic) bond motifs is 1. The summed E-state index contributed by atoms with van der Waals surface area (Å²) in [6.45, 7) is 9.43. The van der Waals surface area contributed by atoms with Gasteiger partial charge in [0.15, 0.2) is 11.3 Å². The molecule has 35 heavy (non-hydrogen) atoms. The van der Waals surface area contributed by atoms with Crippen LogP contribution in [0.2, 0.25) is 0 Å². The van der Waals surface area contributed by atoms with Crippen LogP contribution in [0.1, 0.15) is 25.0 Å². The Morgan fingerprint density at radius 3 is 2.80 bits per heavy atom. The zero-order chi connectivity index (χ0) is 24.9. The highest BCUT2D eigenvalue weighted by atomic mass is 16.5. The maximum atomic E-state index is 12.8. The molecular weight excluding hydrogens is 448 g/mol. The number of carbonyl (C=O) groups excluding carboxylic acids is 1. The summed E-state index contributed by atoms with van der Waals surface area (Å²) in [5.41, 5.74) is 2.31. The van der Waals surface area contributed by atoms with E-state index in [1.54, 1.807) is 30.6 Å². The molecule has 3 heterocycles. The van der Waals surface area contributed by atoms with Crippen LogP contribution in [0.3, 0.4) is 0 Å². The predicted molar refractivity (Wildman–Crippen MR) is 133 cm³/mol. The van der Waals surface area contributed by atoms with Crippen molar-refractivity contribution >= 4 is 34.5 Å². The fourth-order valence-corrected chi connectivity index (χ4v) is 3.87. The Labute approximate surface area is 203 Å². The lowest BCUT2D eigenvalue weighted by molar-refractivity contribution is -0.134. The number of aromatic amines is 1. The minimum Gasteiger partial charge on any atom is -0.492 e. The quantitative estimate of drug-likeness (QED) is 0.298. The first-order chi connectivity index (χ1) is 16.9. The average Bonchev–Trinajstić information content (AvgIpc) is 3.39. The molecule has 0 unspecified atom stereocenters. The van der Waals surface area contributed by atoms with Crippen LogP contribution in [-0.2, 0) is 14.3 Å². The lowest BCUT2D eigenvalue weighted by Gasteiger charge is -2.18. The number of nitrogens with one attached hydrogen (secondary N) is 2. The number of anilines is 1. The number of likely N-dealkylation sites (N-methyl/N-ethyl adjacent to an activating group) is 1. The number of carboxylic acid groups (broad SMARTS) is 1. The van der Waals surface area contributed by atoms with E-state index < -0.39 is 17.3 Å². The Balaban J connectivity index is 1.51. The Morgan fingerprint density at radius 1 is 1.29 bits per heavy atom. The van der Waals surface area contributed by atoms with Gasteiger partial charge in [-0.2, -0.15) is 0 Å². The van der Waals surface area contributed by atoms with Gasteiger partial charge in [0.1, 0.15) is 18.0 Å². The van der Waals surface area contributed by atoms with E-state index in [9.17, 15) is 14.7 Å². The molecule has 1 aromatic carbocycles. The number of hydrogen-bond acceptors (Lipinski definition) is 7. The highest BCUT2D eigenvalue weighted by Gasteiger charge is 2.36. The number of aliphatic carboxylic acids is 1. The molecule has 0 bridgehead atoms. The Bertz CT molecular complexity index is 1320. The number of Topliss-reactive ketones (excluding diaryl/α,β-unsaturated/α-hetero) is 1. The molecule has 1 aliphatic rings. The monoisotopic (exact) mass is 476 g/mol. The fraction of sp³-hybridized carbons (Fsp3) is 0.269. The van der Waals surface area contributed by atoms with Crippen LogP contribution in [0.5, 0.6) is 5.75 Å². The van der Waals surface area contributed by atoms with Crippen molar-refractivity contribution in [3.05, 3.63) is 71.1 Å². The van der Waals surface area contributed by atoms with Gasteiger partial charge in [0.2, 0.25) is 11.7 Å². The molecule has 3 N–H and O–H groups in total. The van der Waals surface area contributed by atoms with Gasteiger partial charge in [-0.25, -0.2) is 9.78 Å². The Hall–Kier alpha value is -4.11. The van der Waals surface area contributed by atoms with E-state index in [0.717, 1.165) is 30.6 Å². The van der Waals surface area contributed by atoms with Gasteiger partial charge in [-0.1, -0.05) is 13.8 Å². The van der Waals surface area contributed by atoms with E-state index in [1.165, 1.54) is 6.08 Å². The van der Waals surface area contributed by atoms with Crippen LogP contribution in [0, 0.1) is 6.92 Å². The number of ether oxygens (including phenoxy) is 2. The predicted octanol–water partition coefficient (Wildman–Crippen LogP) is 3.94. The van der Waals surface area contributed by atoms with Crippen LogP contribution in [-0.4, -0.2) is 58.0 Å². The number of carbonyl (C=O) groups is 2. The largest absolute Gasteiger partial charge is 0.492 e. The summed E-state index contributed by atoms with van der Waals surface area (Å²) in [6, 6.07) is 9.06. The number of hydrogen-bond donors (Lipinski definition) is 3. The highest BCUT2D eigenvalue weighted by Crippen LogP contribution is 2.31. The minimum absolute atomic E-state index is 0.0799. The van der Waals surface area contributed by atoms with Crippen LogP contribution in [0.25, 0.3) is 17.1 Å². The third-order valence-electron chi connectivity index (χ3n) is 5.89. The lowest BCUT2D eigenvalue weighted by atomic mass is 10.1. The van der Waals surface area contributed by atoms with Crippen molar-refractivity contribution in [2.75, 3.05) is 31.6 Å². The maximum absolute atomic E-state index is 12.8. The fourth-order valence-electron chi connectivity index (χ4n) is 3.87. The Morgan fingerprint density at radius 2 is 2.09 bits per heavy atom. The van der Waals surface area contributed by atoms with Gasteiger partial charge < -0.3 is 29.8 Å². The second-order valence-corrected chi connectivity index (χ2v) is 8.07. The van der Waals surface area contributed by atoms with Crippen LogP contribution >= 0.6 is 0 Å². The molecule has 1 aliphatic heterocycles. The number of rotatable bonds is 10. The Kier molecular flexibility index (Phi) is 7.17. The molecule has 182 valence electrons. The summed E-state index contributed by atoms with van der Waals surface area (Å²) < 4.78 is 11.6. The smallest absolute Gasteiger partial charge is 0.345 e. The molecule has 0 saturated heterocycles. The van der Waals surface area contributed by atoms with Gasteiger partial charge in [-0.3, -0.25) is 4.79 Å². The minimum atomic E-state index is -1.37. The molecule has 9 nitrogen and oxygen atoms in total. The van der Waals surface area contributed by atoms with E-state index in [1.807, 2.05) is 19.1 Å². The molecule has 2 aromatic heterocycles. The average molecular weight is 477 g/mol. The number of aromatic nitrogens is 2. The van der Waals surface area contributed by atoms with Crippen molar-refractivity contribution in [3.8, 4) is 5.75 Å². The van der Waals surface area contributed by atoms with E-state index in [-0.39, 0.29) is 11.6 Å². The molecular formula is C26H28N4O5. The molecule has 3 aromatic rings. The van der Waals surface area contributed by atoms with Crippen LogP contribution in [0.4, 0.5) is 5.69 Å². The van der Waals surface area contributed by atoms with Crippen molar-refractivity contribution in [1.82, 2.24) is 14.9 Å². The molecule has 0 saturated carbocycles. The van der Waals surface area contributed by atoms with Crippen molar-refractivity contribution in [3.63, 3.8) is 0 Å². The highest BCUT2D eigenvalue weighted by molar-refractivity contribution is 6.26. The first-order valence-corrected chi connectivity index (χ1v) is 11.5. The molecule has 0 fully saturated rings. The first-order valence-electron chi connectivity index (χ1n) is 11.5. The number of pyridine rings is 1. The van der Waals surface area contributed by atoms with Crippen molar-refractivity contribution in [2.45, 2.75) is 20.8 Å². The number of benzene rings is 1. The molecule has 0 aliphatic carbocycles. The summed E-state index contributed by atoms with van der Waals surface area (Å²) in [5, 5.41) is 13.4. The number of aryl methyl sites for hydroxylation is 1. The maximum Gasteiger partial charge on any atom is 0.345 e. The van der Waals surface area contributed by atoms with Gasteiger partial charge in [0.05, 0.1) is 0 Å². The molecule has 0 atom stereocenters. The molecule has 0 spiro atoms. The van der Waals surface area contributed by atoms with E-state index in [4.69, 9.17) is 9.47 Å². The zero-order valence-electron chi connectivity index (χ0n) is 19.9. The van der Waals surface area contributed by atoms with Crippen LogP contribution in [0.15, 0.2) is 59.9 Å². The third kappa shape index (κ3) is 5.20. The van der Waals surface area contributed by atoms with Crippen molar-refractivity contribution in [1.29, 1.82) is 0 Å². The lowest BCUT2D eigenvalue weighted by Crippen LogP contribution is -2.27. The number of allylic oxidation sites excluding steroid dienone is 1. The van der Waals surface area contributed by atoms with Crippen LogP contribution < -0.4 is 10.1 Å². The summed E-state index contributed by atoms with van der Waals surface area (Å²) in [7, 11) is 0. The molecule has 0 radical (unpaired) electrons. The summed E-state index contributed by atoms with van der Waals surface area (Å²) in [4.78, 5) is 34.2. The summed E-state index contributed by atoms with van der Waals surface area (Å²) in [6.07, 6.45) is 4.86. The topological polar surface area (TPSA) is 117 Å². The van der Waals surface area contributed by atoms with Crippen molar-refractivity contribution in [2.24, 2.45) is 0 Å². The molecule has 9 heteroatoms. The van der Waals surface area contributed by atoms with E-state index in [2.05, 4.69) is 34.0 Å². The third-order valence-corrected chi connectivity index (χ3v) is 5.89. The van der Waals surface area contributed by atoms with Gasteiger partial charge >= 0.3 is 5.97 Å². The zero-order valence-corrected chi connectivity index (χ0v) is 19.9. The van der Waals surface area contributed by atoms with Gasteiger partial charge in [0, 0.05) is 35.6 Å². The van der Waals surface area contributed by atoms with E-state index in [0.29, 0.717) is 29.3 Å². The number of carboxylic acids is 1. The number of nitrogens with zero attached hydrogens (tertiary/aromatic N) is 2. The summed E-state index contributed by atoms with van der Waals surface area (Å²) in [5.74, 6) is -1.55.